The number of nitrogens with zero attached hydrogens (tertiary/aromatic N) is 3. The van der Waals surface area contributed by atoms with Crippen LogP contribution < -0.4 is 10.2 Å². The summed E-state index contributed by atoms with van der Waals surface area (Å²) in [5.74, 6) is -0.187. The van der Waals surface area contributed by atoms with E-state index < -0.39 is 5.97 Å². The highest BCUT2D eigenvalue weighted by Gasteiger charge is 2.15. The van der Waals surface area contributed by atoms with Crippen LogP contribution in [0, 0.1) is 6.92 Å². The van der Waals surface area contributed by atoms with E-state index in [0.717, 1.165) is 21.9 Å². The Bertz CT molecular complexity index is 1060. The maximum absolute atomic E-state index is 12.1. The monoisotopic (exact) mass is 404 g/mol. The van der Waals surface area contributed by atoms with Crippen molar-refractivity contribution in [2.24, 2.45) is 0 Å². The first-order chi connectivity index (χ1) is 12.9. The summed E-state index contributed by atoms with van der Waals surface area (Å²) in [6.07, 6.45) is 1.61. The van der Waals surface area contributed by atoms with Crippen molar-refractivity contribution < 1.29 is 9.53 Å². The van der Waals surface area contributed by atoms with E-state index in [4.69, 9.17) is 16.3 Å². The van der Waals surface area contributed by atoms with Crippen LogP contribution in [0.5, 0.6) is 0 Å². The second-order valence-corrected chi connectivity index (χ2v) is 6.97. The van der Waals surface area contributed by atoms with Crippen LogP contribution in [0.15, 0.2) is 35.3 Å². The summed E-state index contributed by atoms with van der Waals surface area (Å²) in [6, 6.07) is 6.63. The molecule has 0 spiro atoms. The minimum absolute atomic E-state index is 0.0152. The third kappa shape index (κ3) is 3.86. The Hall–Kier alpha value is -2.71. The van der Waals surface area contributed by atoms with Crippen LogP contribution >= 0.6 is 22.9 Å². The van der Waals surface area contributed by atoms with Gasteiger partial charge in [0.15, 0.2) is 0 Å². The molecular formula is C18H17ClN4O3S. The predicted molar refractivity (Wildman–Crippen MR) is 106 cm³/mol. The Morgan fingerprint density at radius 2 is 2.15 bits per heavy atom. The van der Waals surface area contributed by atoms with Crippen molar-refractivity contribution in [2.75, 3.05) is 12.4 Å². The number of thiazole rings is 1. The highest BCUT2D eigenvalue weighted by Crippen LogP contribution is 2.27. The first-order valence-corrected chi connectivity index (χ1v) is 9.32. The number of aromatic nitrogens is 3. The molecule has 0 unspecified atom stereocenters. The van der Waals surface area contributed by atoms with E-state index in [1.807, 2.05) is 13.8 Å². The van der Waals surface area contributed by atoms with Gasteiger partial charge in [0.25, 0.3) is 0 Å². The molecule has 1 aromatic carbocycles. The third-order valence-electron chi connectivity index (χ3n) is 3.98. The molecule has 0 atom stereocenters. The molecule has 0 saturated carbocycles. The summed E-state index contributed by atoms with van der Waals surface area (Å²) < 4.78 is 6.43. The summed E-state index contributed by atoms with van der Waals surface area (Å²) >= 11 is 7.19. The van der Waals surface area contributed by atoms with Crippen molar-refractivity contribution in [3.63, 3.8) is 0 Å². The van der Waals surface area contributed by atoms with E-state index in [1.54, 1.807) is 35.0 Å². The molecule has 3 aromatic rings. The average molecular weight is 405 g/mol. The van der Waals surface area contributed by atoms with E-state index in [1.165, 1.54) is 7.11 Å². The molecule has 3 rings (SSSR count). The highest BCUT2D eigenvalue weighted by molar-refractivity contribution is 7.13. The topological polar surface area (TPSA) is 86.1 Å². The number of benzene rings is 1. The number of hydrogen-bond acceptors (Lipinski definition) is 7. The van der Waals surface area contributed by atoms with Crippen LogP contribution in [-0.2, 0) is 11.3 Å². The van der Waals surface area contributed by atoms with Crippen LogP contribution in [0.25, 0.3) is 10.6 Å². The quantitative estimate of drug-likeness (QED) is 0.649. The van der Waals surface area contributed by atoms with E-state index in [-0.39, 0.29) is 10.4 Å². The Morgan fingerprint density at radius 3 is 2.81 bits per heavy atom. The molecule has 27 heavy (non-hydrogen) atoms. The van der Waals surface area contributed by atoms with Gasteiger partial charge in [-0.05, 0) is 38.1 Å². The number of halogens is 1. The lowest BCUT2D eigenvalue weighted by atomic mass is 10.2. The Labute approximate surface area is 164 Å². The molecule has 1 N–H and O–H groups in total. The van der Waals surface area contributed by atoms with Crippen LogP contribution in [0.4, 0.5) is 11.6 Å². The molecule has 7 nitrogen and oxygen atoms in total. The molecule has 9 heteroatoms. The lowest BCUT2D eigenvalue weighted by molar-refractivity contribution is 0.0601. The van der Waals surface area contributed by atoms with Crippen LogP contribution in [-0.4, -0.2) is 27.6 Å². The van der Waals surface area contributed by atoms with Gasteiger partial charge in [0, 0.05) is 24.1 Å². The zero-order valence-corrected chi connectivity index (χ0v) is 16.5. The number of methoxy groups -OCH3 is 1. The first kappa shape index (κ1) is 19.1. The summed E-state index contributed by atoms with van der Waals surface area (Å²) in [5, 5.41) is 3.34. The zero-order chi connectivity index (χ0) is 19.6. The number of carbonyl (C=O) groups excluding carboxylic acids is 1. The van der Waals surface area contributed by atoms with Crippen molar-refractivity contribution in [2.45, 2.75) is 20.4 Å². The predicted octanol–water partition coefficient (Wildman–Crippen LogP) is 3.88. The molecule has 0 aliphatic rings. The number of anilines is 2. The van der Waals surface area contributed by atoms with Crippen molar-refractivity contribution in [3.05, 3.63) is 56.4 Å². The molecule has 0 saturated heterocycles. The lowest BCUT2D eigenvalue weighted by Crippen LogP contribution is -2.12. The SMILES string of the molecule is CCn1c(C)c(-c2ccnc(Nc3ccc(Cl)c(C(=O)OC)c3)n2)sc1=O. The van der Waals surface area contributed by atoms with Gasteiger partial charge < -0.3 is 14.6 Å². The van der Waals surface area contributed by atoms with Crippen LogP contribution in [0.2, 0.25) is 5.02 Å². The Morgan fingerprint density at radius 1 is 1.37 bits per heavy atom. The fourth-order valence-corrected chi connectivity index (χ4v) is 3.85. The second kappa shape index (κ2) is 7.89. The number of rotatable bonds is 5. The van der Waals surface area contributed by atoms with Gasteiger partial charge in [-0.3, -0.25) is 4.79 Å². The molecular weight excluding hydrogens is 388 g/mol. The second-order valence-electron chi connectivity index (χ2n) is 5.60. The van der Waals surface area contributed by atoms with Gasteiger partial charge in [0.1, 0.15) is 0 Å². The molecule has 0 aliphatic carbocycles. The maximum atomic E-state index is 12.1. The molecule has 140 valence electrons. The average Bonchev–Trinajstić information content (AvgIpc) is 2.96. The van der Waals surface area contributed by atoms with Crippen molar-refractivity contribution in [1.82, 2.24) is 14.5 Å². The van der Waals surface area contributed by atoms with Gasteiger partial charge in [-0.1, -0.05) is 22.9 Å². The smallest absolute Gasteiger partial charge is 0.339 e. The molecule has 0 amide bonds. The van der Waals surface area contributed by atoms with Crippen molar-refractivity contribution >= 4 is 40.5 Å². The molecule has 0 aliphatic heterocycles. The third-order valence-corrected chi connectivity index (χ3v) is 5.41. The standard InChI is InChI=1S/C18H17ClN4O3S/c1-4-23-10(2)15(27-18(23)25)14-7-8-20-17(22-14)21-11-5-6-13(19)12(9-11)16(24)26-3/h5-9H,4H2,1-3H3,(H,20,21,22). The zero-order valence-electron chi connectivity index (χ0n) is 14.9. The number of esters is 1. The minimum Gasteiger partial charge on any atom is -0.465 e. The fraction of sp³-hybridized carbons (Fsp3) is 0.222. The largest absolute Gasteiger partial charge is 0.465 e. The van der Waals surface area contributed by atoms with Crippen LogP contribution in [0.1, 0.15) is 23.0 Å². The van der Waals surface area contributed by atoms with E-state index in [2.05, 4.69) is 15.3 Å². The van der Waals surface area contributed by atoms with Gasteiger partial charge in [-0.15, -0.1) is 0 Å². The minimum atomic E-state index is -0.528. The number of hydrogen-bond donors (Lipinski definition) is 1. The molecule has 2 aromatic heterocycles. The molecule has 0 fully saturated rings. The first-order valence-electron chi connectivity index (χ1n) is 8.13. The summed E-state index contributed by atoms with van der Waals surface area (Å²) in [5.41, 5.74) is 2.36. The summed E-state index contributed by atoms with van der Waals surface area (Å²) in [7, 11) is 1.29. The van der Waals surface area contributed by atoms with Gasteiger partial charge in [-0.25, -0.2) is 14.8 Å². The van der Waals surface area contributed by atoms with Gasteiger partial charge >= 0.3 is 10.8 Å². The van der Waals surface area contributed by atoms with Crippen LogP contribution in [0.3, 0.4) is 0 Å². The molecule has 2 heterocycles. The van der Waals surface area contributed by atoms with Gasteiger partial charge in [0.2, 0.25) is 5.95 Å². The Kier molecular flexibility index (Phi) is 5.57. The number of nitrogens with one attached hydrogen (secondary N) is 1. The van der Waals surface area contributed by atoms with E-state index >= 15 is 0 Å². The maximum Gasteiger partial charge on any atom is 0.339 e. The van der Waals surface area contributed by atoms with Crippen molar-refractivity contribution in [1.29, 1.82) is 0 Å². The number of carbonyl (C=O) groups is 1. The number of ether oxygens (including phenoxy) is 1. The van der Waals surface area contributed by atoms with E-state index in [0.29, 0.717) is 28.9 Å². The highest BCUT2D eigenvalue weighted by atomic mass is 35.5. The van der Waals surface area contributed by atoms with Gasteiger partial charge in [0.05, 0.1) is 28.3 Å². The van der Waals surface area contributed by atoms with Gasteiger partial charge in [-0.2, -0.15) is 0 Å². The molecule has 0 radical (unpaired) electrons. The van der Waals surface area contributed by atoms with E-state index in [9.17, 15) is 9.59 Å². The lowest BCUT2D eigenvalue weighted by Gasteiger charge is -2.09. The summed E-state index contributed by atoms with van der Waals surface area (Å²) in [6.45, 7) is 4.43. The fourth-order valence-electron chi connectivity index (χ4n) is 2.62. The van der Waals surface area contributed by atoms with Crippen molar-refractivity contribution in [3.8, 4) is 10.6 Å². The normalized spacial score (nSPS) is 10.7. The summed E-state index contributed by atoms with van der Waals surface area (Å²) in [4.78, 5) is 33.3. The Balaban J connectivity index is 1.94. The molecule has 0 bridgehead atoms.